The molecule has 0 spiro atoms. The van der Waals surface area contributed by atoms with Crippen molar-refractivity contribution in [3.63, 3.8) is 0 Å². The zero-order valence-corrected chi connectivity index (χ0v) is 18.4. The van der Waals surface area contributed by atoms with Gasteiger partial charge in [0.25, 0.3) is 5.56 Å². The first-order valence-electron chi connectivity index (χ1n) is 10.3. The molecule has 0 bridgehead atoms. The molecule has 4 rings (SSSR count). The number of nitrogens with zero attached hydrogens (tertiary/aromatic N) is 1. The number of ether oxygens (including phenoxy) is 1. The lowest BCUT2D eigenvalue weighted by atomic mass is 10.1. The number of hydrogen-bond acceptors (Lipinski definition) is 5. The van der Waals surface area contributed by atoms with Crippen LogP contribution in [0.15, 0.2) is 58.5 Å². The van der Waals surface area contributed by atoms with Gasteiger partial charge in [-0.2, -0.15) is 0 Å². The highest BCUT2D eigenvalue weighted by Gasteiger charge is 2.24. The van der Waals surface area contributed by atoms with Crippen molar-refractivity contribution in [3.05, 3.63) is 81.5 Å². The Morgan fingerprint density at radius 1 is 1.22 bits per heavy atom. The number of H-pyrrole nitrogens is 1. The summed E-state index contributed by atoms with van der Waals surface area (Å²) in [7, 11) is 1.58. The van der Waals surface area contributed by atoms with E-state index in [2.05, 4.69) is 15.3 Å². The van der Waals surface area contributed by atoms with Gasteiger partial charge in [-0.05, 0) is 36.4 Å². The number of halogens is 1. The predicted molar refractivity (Wildman–Crippen MR) is 121 cm³/mol. The minimum absolute atomic E-state index is 0.135. The molecule has 2 heterocycles. The third kappa shape index (κ3) is 5.54. The molecule has 0 aliphatic carbocycles. The highest BCUT2D eigenvalue weighted by atomic mass is 32.2. The van der Waals surface area contributed by atoms with Gasteiger partial charge in [-0.1, -0.05) is 23.9 Å². The lowest BCUT2D eigenvalue weighted by molar-refractivity contribution is -0.929. The van der Waals surface area contributed by atoms with E-state index in [4.69, 9.17) is 4.74 Å². The monoisotopic (exact) mass is 455 g/mol. The summed E-state index contributed by atoms with van der Waals surface area (Å²) in [5.41, 5.74) is 3.01. The van der Waals surface area contributed by atoms with Gasteiger partial charge in [-0.3, -0.25) is 9.59 Å². The van der Waals surface area contributed by atoms with E-state index in [0.29, 0.717) is 35.1 Å². The van der Waals surface area contributed by atoms with Crippen LogP contribution in [0.3, 0.4) is 0 Å². The van der Waals surface area contributed by atoms with Crippen molar-refractivity contribution in [2.45, 2.75) is 24.7 Å². The van der Waals surface area contributed by atoms with E-state index in [-0.39, 0.29) is 23.0 Å². The molecule has 166 valence electrons. The van der Waals surface area contributed by atoms with Crippen molar-refractivity contribution in [1.29, 1.82) is 0 Å². The number of aromatic nitrogens is 2. The fourth-order valence-electron chi connectivity index (χ4n) is 3.66. The Bertz CT molecular complexity index is 1150. The summed E-state index contributed by atoms with van der Waals surface area (Å²) < 4.78 is 18.2. The number of quaternary nitrogens is 1. The number of methoxy groups -OCH3 is 1. The van der Waals surface area contributed by atoms with E-state index >= 15 is 0 Å². The van der Waals surface area contributed by atoms with Crippen molar-refractivity contribution in [2.24, 2.45) is 0 Å². The van der Waals surface area contributed by atoms with Crippen LogP contribution in [-0.2, 0) is 24.3 Å². The summed E-state index contributed by atoms with van der Waals surface area (Å²) in [6.45, 7) is 2.13. The molecule has 1 aromatic heterocycles. The first-order valence-corrected chi connectivity index (χ1v) is 11.3. The average molecular weight is 456 g/mol. The Morgan fingerprint density at radius 2 is 1.97 bits per heavy atom. The summed E-state index contributed by atoms with van der Waals surface area (Å²) in [4.78, 5) is 33.5. The Kier molecular flexibility index (Phi) is 6.87. The van der Waals surface area contributed by atoms with Crippen molar-refractivity contribution in [3.8, 4) is 5.75 Å². The van der Waals surface area contributed by atoms with Gasteiger partial charge in [0.2, 0.25) is 5.91 Å². The molecule has 7 nitrogen and oxygen atoms in total. The summed E-state index contributed by atoms with van der Waals surface area (Å²) in [6, 6.07) is 13.5. The minimum Gasteiger partial charge on any atom is -0.497 e. The van der Waals surface area contributed by atoms with E-state index in [1.165, 1.54) is 28.8 Å². The average Bonchev–Trinajstić information content (AvgIpc) is 2.80. The first-order chi connectivity index (χ1) is 15.5. The van der Waals surface area contributed by atoms with Crippen LogP contribution in [0.4, 0.5) is 10.1 Å². The molecule has 1 unspecified atom stereocenters. The number of carbonyl (C=O) groups excluding carboxylic acids is 1. The van der Waals surface area contributed by atoms with Crippen LogP contribution >= 0.6 is 11.8 Å². The van der Waals surface area contributed by atoms with Gasteiger partial charge in [-0.15, -0.1) is 0 Å². The second-order valence-electron chi connectivity index (χ2n) is 7.59. The van der Waals surface area contributed by atoms with Crippen molar-refractivity contribution in [2.75, 3.05) is 24.7 Å². The van der Waals surface area contributed by atoms with Gasteiger partial charge >= 0.3 is 0 Å². The highest BCUT2D eigenvalue weighted by Crippen LogP contribution is 2.17. The second-order valence-corrected chi connectivity index (χ2v) is 8.56. The van der Waals surface area contributed by atoms with Crippen LogP contribution < -0.4 is 20.5 Å². The molecule has 2 aromatic carbocycles. The Labute approximate surface area is 189 Å². The maximum Gasteiger partial charge on any atom is 0.260 e. The van der Waals surface area contributed by atoms with Gasteiger partial charge in [-0.25, -0.2) is 9.37 Å². The summed E-state index contributed by atoms with van der Waals surface area (Å²) in [6.07, 6.45) is 0.682. The fraction of sp³-hybridized carbons (Fsp3) is 0.261. The van der Waals surface area contributed by atoms with E-state index in [0.717, 1.165) is 24.3 Å². The Balaban J connectivity index is 1.34. The van der Waals surface area contributed by atoms with Crippen molar-refractivity contribution in [1.82, 2.24) is 9.97 Å². The number of hydrogen-bond donors (Lipinski definition) is 3. The van der Waals surface area contributed by atoms with Gasteiger partial charge in [0, 0.05) is 17.7 Å². The molecule has 32 heavy (non-hydrogen) atoms. The van der Waals surface area contributed by atoms with Gasteiger partial charge < -0.3 is 19.9 Å². The van der Waals surface area contributed by atoms with E-state index in [9.17, 15) is 14.0 Å². The Hall–Kier alpha value is -3.17. The predicted octanol–water partition coefficient (Wildman–Crippen LogP) is 1.79. The molecule has 1 atom stereocenters. The molecule has 1 aliphatic heterocycles. The molecule has 9 heteroatoms. The Morgan fingerprint density at radius 3 is 2.69 bits per heavy atom. The lowest BCUT2D eigenvalue weighted by Crippen LogP contribution is -3.10. The number of rotatable bonds is 7. The smallest absolute Gasteiger partial charge is 0.260 e. The van der Waals surface area contributed by atoms with E-state index in [1.807, 2.05) is 0 Å². The summed E-state index contributed by atoms with van der Waals surface area (Å²) in [5, 5.41) is 3.26. The lowest BCUT2D eigenvalue weighted by Gasteiger charge is -2.25. The van der Waals surface area contributed by atoms with Crippen molar-refractivity contribution >= 4 is 23.4 Å². The van der Waals surface area contributed by atoms with Gasteiger partial charge in [0.1, 0.15) is 24.7 Å². The first kappa shape index (κ1) is 22.0. The number of benzene rings is 2. The molecule has 3 aromatic rings. The van der Waals surface area contributed by atoms with Gasteiger partial charge in [0.15, 0.2) is 5.16 Å². The largest absolute Gasteiger partial charge is 0.497 e. The zero-order chi connectivity index (χ0) is 22.5. The SMILES string of the molecule is COc1ccc(NC(=O)CSc2nc3c(c(=O)[nH]2)C[NH+](Cc2ccc(F)cc2)CC3)cc1. The molecular weight excluding hydrogens is 431 g/mol. The van der Waals surface area contributed by atoms with Crippen LogP contribution in [0.5, 0.6) is 5.75 Å². The van der Waals surface area contributed by atoms with Crippen LogP contribution in [0, 0.1) is 5.82 Å². The number of fused-ring (bicyclic) bond motifs is 1. The normalized spacial score (nSPS) is 15.1. The van der Waals surface area contributed by atoms with Crippen LogP contribution in [0.1, 0.15) is 16.8 Å². The number of thioether (sulfide) groups is 1. The molecule has 0 radical (unpaired) electrons. The molecule has 3 N–H and O–H groups in total. The third-order valence-electron chi connectivity index (χ3n) is 5.30. The van der Waals surface area contributed by atoms with Crippen LogP contribution in [0.25, 0.3) is 0 Å². The fourth-order valence-corrected chi connectivity index (χ4v) is 4.34. The molecule has 1 aliphatic rings. The summed E-state index contributed by atoms with van der Waals surface area (Å²) in [5.74, 6) is 0.410. The molecule has 0 saturated carbocycles. The second kappa shape index (κ2) is 9.97. The van der Waals surface area contributed by atoms with E-state index in [1.54, 1.807) is 43.5 Å². The highest BCUT2D eigenvalue weighted by molar-refractivity contribution is 7.99. The number of amides is 1. The van der Waals surface area contributed by atoms with E-state index < -0.39 is 0 Å². The molecule has 1 amide bonds. The molecule has 0 saturated heterocycles. The number of aromatic amines is 1. The third-order valence-corrected chi connectivity index (χ3v) is 6.18. The summed E-state index contributed by atoms with van der Waals surface area (Å²) >= 11 is 1.20. The quantitative estimate of drug-likeness (QED) is 0.374. The maximum atomic E-state index is 13.1. The molecular formula is C23H24FN4O3S+. The van der Waals surface area contributed by atoms with Crippen LogP contribution in [0.2, 0.25) is 0 Å². The molecule has 0 fully saturated rings. The number of nitrogens with one attached hydrogen (secondary N) is 3. The number of carbonyl (C=O) groups is 1. The number of anilines is 1. The van der Waals surface area contributed by atoms with Crippen molar-refractivity contribution < 1.29 is 18.8 Å². The van der Waals surface area contributed by atoms with Crippen LogP contribution in [-0.4, -0.2) is 35.3 Å². The standard InChI is InChI=1S/C23H23FN4O3S/c1-31-18-8-6-17(7-9-18)25-21(29)14-32-23-26-20-10-11-28(13-19(20)22(30)27-23)12-15-2-4-16(24)5-3-15/h2-9H,10-14H2,1H3,(H,25,29)(H,26,27,30)/p+1. The zero-order valence-electron chi connectivity index (χ0n) is 17.6. The topological polar surface area (TPSA) is 88.5 Å². The minimum atomic E-state index is -0.254. The maximum absolute atomic E-state index is 13.1. The van der Waals surface area contributed by atoms with Gasteiger partial charge in [0.05, 0.1) is 30.7 Å².